The van der Waals surface area contributed by atoms with Gasteiger partial charge in [0.1, 0.15) is 16.3 Å². The van der Waals surface area contributed by atoms with Crippen molar-refractivity contribution in [3.63, 3.8) is 0 Å². The number of aromatic nitrogens is 1. The molecule has 0 atom stereocenters. The Morgan fingerprint density at radius 1 is 0.915 bits per heavy atom. The molecule has 14 nitrogen and oxygen atoms in total. The molecule has 3 N–H and O–H groups in total. The van der Waals surface area contributed by atoms with Crippen molar-refractivity contribution in [1.82, 2.24) is 4.57 Å². The highest BCUT2D eigenvalue weighted by Crippen LogP contribution is 2.29. The monoisotopic (exact) mass is 782 g/mol. The molecule has 240 valence electrons. The van der Waals surface area contributed by atoms with Crippen LogP contribution in [0.4, 0.5) is 17.1 Å². The van der Waals surface area contributed by atoms with Gasteiger partial charge in [0.05, 0.1) is 42.2 Å². The van der Waals surface area contributed by atoms with E-state index in [9.17, 15) is 34.9 Å². The number of carbonyl (C=O) groups is 1. The molecule has 5 aromatic rings. The topological polar surface area (TPSA) is 218 Å². The third-order valence-corrected chi connectivity index (χ3v) is 6.87. The van der Waals surface area contributed by atoms with E-state index in [4.69, 9.17) is 61.5 Å². The lowest BCUT2D eigenvalue weighted by Crippen LogP contribution is -2.31. The lowest BCUT2D eigenvalue weighted by Gasteiger charge is -2.08. The van der Waals surface area contributed by atoms with Crippen LogP contribution in [-0.2, 0) is 0 Å². The Kier molecular flexibility index (Phi) is 12.4. The van der Waals surface area contributed by atoms with E-state index in [0.717, 1.165) is 16.7 Å². The van der Waals surface area contributed by atoms with Crippen molar-refractivity contribution in [2.75, 3.05) is 5.32 Å². The van der Waals surface area contributed by atoms with Gasteiger partial charge in [0.2, 0.25) is 0 Å². The number of non-ortho nitro benzene ring substituents is 2. The Bertz CT molecular complexity index is 2200. The zero-order valence-corrected chi connectivity index (χ0v) is 27.5. The number of nitro benzene ring substituents is 2. The Morgan fingerprint density at radius 2 is 1.47 bits per heavy atom. The molecule has 19 heteroatoms. The molecule has 1 heterocycles. The Labute approximate surface area is 290 Å². The Balaban J connectivity index is 0.000000237. The molecule has 5 rings (SSSR count). The van der Waals surface area contributed by atoms with Gasteiger partial charge in [-0.2, -0.15) is 5.26 Å². The first-order valence-electron chi connectivity index (χ1n) is 12.3. The molecule has 0 aliphatic heterocycles. The predicted molar refractivity (Wildman–Crippen MR) is 178 cm³/mol. The van der Waals surface area contributed by atoms with Gasteiger partial charge >= 0.3 is 5.68 Å². The number of aromatic hydroxyl groups is 1. The van der Waals surface area contributed by atoms with Crippen LogP contribution in [-0.4, -0.2) is 25.4 Å². The first-order chi connectivity index (χ1) is 22.2. The molecular weight excluding hydrogens is 770 g/mol. The van der Waals surface area contributed by atoms with Crippen LogP contribution in [0.2, 0.25) is 20.1 Å². The van der Waals surface area contributed by atoms with E-state index >= 15 is 0 Å². The number of carbonyl (C=O) groups excluding carboxylic acids is 1. The van der Waals surface area contributed by atoms with Crippen LogP contribution in [0.25, 0.3) is 16.7 Å². The summed E-state index contributed by atoms with van der Waals surface area (Å²) in [6, 6.07) is 15.7. The molecule has 0 aliphatic carbocycles. The number of rotatable bonds is 5. The highest BCUT2D eigenvalue weighted by Gasteiger charge is 2.17. The summed E-state index contributed by atoms with van der Waals surface area (Å²) in [6.07, 6.45) is 0. The normalized spacial score (nSPS) is 10.0. The molecule has 0 saturated carbocycles. The molecule has 0 spiro atoms. The minimum absolute atomic E-state index is 0.0130. The van der Waals surface area contributed by atoms with Crippen molar-refractivity contribution in [3.05, 3.63) is 135 Å². The maximum Gasteiger partial charge on any atom is 0.301 e. The van der Waals surface area contributed by atoms with Crippen LogP contribution in [0.3, 0.4) is 0 Å². The third-order valence-electron chi connectivity index (χ3n) is 5.78. The molecule has 4 aromatic carbocycles. The summed E-state index contributed by atoms with van der Waals surface area (Å²) in [4.78, 5) is 46.4. The van der Waals surface area contributed by atoms with Crippen LogP contribution in [0.15, 0.2) is 82.0 Å². The number of hydrogen-bond donors (Lipinski definition) is 3. The van der Waals surface area contributed by atoms with E-state index in [0.29, 0.717) is 5.02 Å². The molecule has 0 saturated heterocycles. The molecular formula is C28H15BrCl4N6O8. The van der Waals surface area contributed by atoms with E-state index in [1.54, 1.807) is 4.98 Å². The van der Waals surface area contributed by atoms with E-state index in [1.165, 1.54) is 60.7 Å². The number of amides is 1. The Hall–Kier alpha value is -4.98. The zero-order valence-electron chi connectivity index (χ0n) is 22.9. The fraction of sp³-hybridized carbons (Fsp3) is 0. The molecule has 47 heavy (non-hydrogen) atoms. The maximum atomic E-state index is 12.6. The van der Waals surface area contributed by atoms with Gasteiger partial charge in [0.25, 0.3) is 22.8 Å². The number of nitrogens with zero attached hydrogens (tertiary/aromatic N) is 4. The number of hydrogen-bond acceptors (Lipinski definition) is 10. The van der Waals surface area contributed by atoms with Gasteiger partial charge in [0.15, 0.2) is 0 Å². The highest BCUT2D eigenvalue weighted by molar-refractivity contribution is 9.12. The average Bonchev–Trinajstić information content (AvgIpc) is 3.01. The van der Waals surface area contributed by atoms with Gasteiger partial charge < -0.3 is 14.8 Å². The van der Waals surface area contributed by atoms with Gasteiger partial charge in [-0.3, -0.25) is 35.2 Å². The number of halogens is 5. The lowest BCUT2D eigenvalue weighted by atomic mass is 10.2. The molecule has 1 aromatic heterocycles. The average molecular weight is 785 g/mol. The van der Waals surface area contributed by atoms with Crippen molar-refractivity contribution in [1.29, 1.82) is 10.7 Å². The number of benzene rings is 4. The number of nitriles is 1. The quantitative estimate of drug-likeness (QED) is 0.116. The number of nitrogens with one attached hydrogen (secondary N) is 2. The van der Waals surface area contributed by atoms with Gasteiger partial charge in [-0.1, -0.05) is 46.4 Å². The minimum atomic E-state index is -0.634. The van der Waals surface area contributed by atoms with Crippen LogP contribution >= 0.6 is 62.3 Å². The predicted octanol–water partition coefficient (Wildman–Crippen LogP) is 8.00. The van der Waals surface area contributed by atoms with Crippen LogP contribution in [0.1, 0.15) is 10.4 Å². The van der Waals surface area contributed by atoms with Crippen LogP contribution in [0, 0.1) is 35.9 Å². The zero-order chi connectivity index (χ0) is 35.0. The van der Waals surface area contributed by atoms with Crippen LogP contribution < -0.4 is 16.6 Å². The molecule has 0 radical (unpaired) electrons. The van der Waals surface area contributed by atoms with Gasteiger partial charge in [-0.15, -0.1) is 0 Å². The smallest absolute Gasteiger partial charge is 0.301 e. The van der Waals surface area contributed by atoms with Crippen molar-refractivity contribution in [2.45, 2.75) is 0 Å². The molecule has 0 fully saturated rings. The third kappa shape index (κ3) is 9.06. The number of phenolic OH excluding ortho intramolecular Hbond substituents is 1. The van der Waals surface area contributed by atoms with E-state index < -0.39 is 27.0 Å². The lowest BCUT2D eigenvalue weighted by molar-refractivity contribution is -0.385. The summed E-state index contributed by atoms with van der Waals surface area (Å²) in [7, 11) is 0. The number of fused-ring (bicyclic) bond motifs is 1. The second-order valence-corrected chi connectivity index (χ2v) is 10.7. The first kappa shape index (κ1) is 36.5. The summed E-state index contributed by atoms with van der Waals surface area (Å²) in [6.45, 7) is 0. The summed E-state index contributed by atoms with van der Waals surface area (Å²) in [5.41, 5.74) is -0.960. The molecule has 1 amide bonds. The van der Waals surface area contributed by atoms with E-state index in [1.807, 2.05) is 0 Å². The summed E-state index contributed by atoms with van der Waals surface area (Å²) >= 11 is 26.0. The number of anilines is 1. The standard InChI is InChI=1S/C14H7Cl2N3O4.C13H8Cl2N2O4.CBrN/c15-7-1-4-12-9(5-7)13(20)18(14(17)23-12)11-3-2-8(19(21)22)6-10(11)16;14-7-1-4-12(18)9(5-7)13(19)16-11-3-2-8(17(20)21)6-10(11)15;2-1-3/h1-6,17H;1-6,18H,(H,16,19);. The van der Waals surface area contributed by atoms with Gasteiger partial charge in [-0.25, -0.2) is 4.57 Å². The second-order valence-electron chi connectivity index (χ2n) is 8.70. The highest BCUT2D eigenvalue weighted by atomic mass is 79.9. The summed E-state index contributed by atoms with van der Waals surface area (Å²) < 4.78 is 6.22. The van der Waals surface area contributed by atoms with E-state index in [-0.39, 0.29) is 60.1 Å². The van der Waals surface area contributed by atoms with Gasteiger partial charge in [-0.05, 0) is 48.5 Å². The molecule has 0 unspecified atom stereocenters. The summed E-state index contributed by atoms with van der Waals surface area (Å²) in [5.74, 6) is -0.874. The van der Waals surface area contributed by atoms with Crippen molar-refractivity contribution in [3.8, 4) is 16.4 Å². The molecule has 0 bridgehead atoms. The fourth-order valence-electron chi connectivity index (χ4n) is 3.73. The van der Waals surface area contributed by atoms with Crippen molar-refractivity contribution < 1.29 is 24.2 Å². The van der Waals surface area contributed by atoms with Crippen molar-refractivity contribution in [2.24, 2.45) is 0 Å². The first-order valence-corrected chi connectivity index (χ1v) is 14.6. The SMILES string of the molecule is N#CBr.N=c1oc2ccc(Cl)cc2c(=O)n1-c1ccc([N+](=O)[O-])cc1Cl.O=C(Nc1ccc([N+](=O)[O-])cc1Cl)c1cc(Cl)ccc1O. The largest absolute Gasteiger partial charge is 0.507 e. The van der Waals surface area contributed by atoms with E-state index in [2.05, 4.69) is 21.2 Å². The van der Waals surface area contributed by atoms with Crippen LogP contribution in [0.5, 0.6) is 5.75 Å². The van der Waals surface area contributed by atoms with Gasteiger partial charge in [0, 0.05) is 50.2 Å². The minimum Gasteiger partial charge on any atom is -0.507 e. The number of nitro groups is 2. The Morgan fingerprint density at radius 3 is 2.04 bits per heavy atom. The maximum absolute atomic E-state index is 12.6. The summed E-state index contributed by atoms with van der Waals surface area (Å²) in [5, 5.41) is 49.3. The van der Waals surface area contributed by atoms with Crippen molar-refractivity contribution >= 4 is 96.3 Å². The molecule has 0 aliphatic rings. The fourth-order valence-corrected chi connectivity index (χ4v) is 4.55. The number of phenols is 1. The second kappa shape index (κ2) is 16.0.